The number of pyridine rings is 1. The smallest absolute Gasteiger partial charge is 0.179 e. The second-order valence-corrected chi connectivity index (χ2v) is 6.75. The predicted molar refractivity (Wildman–Crippen MR) is 82.5 cm³/mol. The van der Waals surface area contributed by atoms with Crippen molar-refractivity contribution in [3.63, 3.8) is 0 Å². The van der Waals surface area contributed by atoms with E-state index in [-0.39, 0.29) is 10.6 Å². The summed E-state index contributed by atoms with van der Waals surface area (Å²) in [6, 6.07) is 7.79. The molecule has 118 valence electrons. The summed E-state index contributed by atoms with van der Waals surface area (Å²) in [7, 11) is -1.94. The minimum absolute atomic E-state index is 0.149. The maximum Gasteiger partial charge on any atom is 0.179 e. The van der Waals surface area contributed by atoms with Crippen LogP contribution in [0.25, 0.3) is 0 Å². The number of halogens is 1. The Bertz CT molecular complexity index is 763. The van der Waals surface area contributed by atoms with Gasteiger partial charge in [-0.05, 0) is 36.2 Å². The summed E-state index contributed by atoms with van der Waals surface area (Å²) in [6.45, 7) is 0.436. The minimum Gasteiger partial charge on any atom is -0.494 e. The molecule has 0 radical (unpaired) electrons. The summed E-state index contributed by atoms with van der Waals surface area (Å²) in [4.78, 5) is 4.19. The van der Waals surface area contributed by atoms with Gasteiger partial charge in [0.1, 0.15) is 10.7 Å². The highest BCUT2D eigenvalue weighted by Crippen LogP contribution is 2.19. The van der Waals surface area contributed by atoms with Crippen LogP contribution >= 0.6 is 0 Å². The highest BCUT2D eigenvalue weighted by molar-refractivity contribution is 7.90. The van der Waals surface area contributed by atoms with Gasteiger partial charge in [0, 0.05) is 19.0 Å². The van der Waals surface area contributed by atoms with Gasteiger partial charge in [0.25, 0.3) is 0 Å². The fourth-order valence-corrected chi connectivity index (χ4v) is 2.82. The molecule has 0 saturated carbocycles. The van der Waals surface area contributed by atoms with Crippen molar-refractivity contribution in [2.75, 3.05) is 25.2 Å². The van der Waals surface area contributed by atoms with Crippen LogP contribution in [0.3, 0.4) is 0 Å². The van der Waals surface area contributed by atoms with Crippen molar-refractivity contribution >= 4 is 15.7 Å². The van der Waals surface area contributed by atoms with Crippen LogP contribution in [-0.2, 0) is 16.3 Å². The van der Waals surface area contributed by atoms with Crippen LogP contribution in [0.1, 0.15) is 5.56 Å². The molecule has 2 rings (SSSR count). The molecule has 0 fully saturated rings. The number of methoxy groups -OCH3 is 1. The number of ether oxygens (including phenoxy) is 1. The Morgan fingerprint density at radius 1 is 1.32 bits per heavy atom. The highest BCUT2D eigenvalue weighted by atomic mass is 32.2. The summed E-state index contributed by atoms with van der Waals surface area (Å²) in [5.41, 5.74) is 0.780. The lowest BCUT2D eigenvalue weighted by Gasteiger charge is -2.10. The summed E-state index contributed by atoms with van der Waals surface area (Å²) >= 11 is 0. The number of aromatic nitrogens is 1. The van der Waals surface area contributed by atoms with E-state index in [2.05, 4.69) is 10.3 Å². The first-order valence-electron chi connectivity index (χ1n) is 6.63. The first kappa shape index (κ1) is 16.2. The highest BCUT2D eigenvalue weighted by Gasteiger charge is 2.13. The van der Waals surface area contributed by atoms with Crippen LogP contribution in [-0.4, -0.2) is 33.3 Å². The molecule has 0 saturated heterocycles. The van der Waals surface area contributed by atoms with E-state index in [0.717, 1.165) is 11.8 Å². The lowest BCUT2D eigenvalue weighted by atomic mass is 10.1. The third-order valence-corrected chi connectivity index (χ3v) is 4.22. The van der Waals surface area contributed by atoms with Crippen LogP contribution in [0.15, 0.2) is 41.4 Å². The van der Waals surface area contributed by atoms with Gasteiger partial charge in [-0.3, -0.25) is 0 Å². The van der Waals surface area contributed by atoms with Crippen LogP contribution < -0.4 is 10.1 Å². The molecular formula is C15H17FN2O3S. The molecular weight excluding hydrogens is 307 g/mol. The average Bonchev–Trinajstić information content (AvgIpc) is 2.47. The molecule has 1 aromatic heterocycles. The SMILES string of the molecule is COc1ccc(CCNc2ncccc2S(C)(=O)=O)cc1F. The zero-order valence-corrected chi connectivity index (χ0v) is 13.2. The molecule has 0 amide bonds. The van der Waals surface area contributed by atoms with Crippen LogP contribution in [0, 0.1) is 5.82 Å². The molecule has 7 heteroatoms. The monoisotopic (exact) mass is 324 g/mol. The average molecular weight is 324 g/mol. The topological polar surface area (TPSA) is 68.3 Å². The minimum atomic E-state index is -3.35. The fraction of sp³-hybridized carbons (Fsp3) is 0.267. The molecule has 5 nitrogen and oxygen atoms in total. The zero-order valence-electron chi connectivity index (χ0n) is 12.3. The van der Waals surface area contributed by atoms with Gasteiger partial charge in [-0.2, -0.15) is 0 Å². The van der Waals surface area contributed by atoms with E-state index in [1.54, 1.807) is 18.2 Å². The number of rotatable bonds is 6. The number of hydrogen-bond donors (Lipinski definition) is 1. The van der Waals surface area contributed by atoms with E-state index in [0.29, 0.717) is 18.8 Å². The van der Waals surface area contributed by atoms with Crippen molar-refractivity contribution in [3.8, 4) is 5.75 Å². The van der Waals surface area contributed by atoms with Crippen molar-refractivity contribution in [1.82, 2.24) is 4.98 Å². The van der Waals surface area contributed by atoms with E-state index in [1.807, 2.05) is 0 Å². The molecule has 1 aromatic carbocycles. The van der Waals surface area contributed by atoms with Gasteiger partial charge in [0.15, 0.2) is 21.4 Å². The van der Waals surface area contributed by atoms with Gasteiger partial charge < -0.3 is 10.1 Å². The quantitative estimate of drug-likeness (QED) is 0.883. The molecule has 1 heterocycles. The second-order valence-electron chi connectivity index (χ2n) is 4.77. The molecule has 0 atom stereocenters. The van der Waals surface area contributed by atoms with Crippen molar-refractivity contribution in [1.29, 1.82) is 0 Å². The molecule has 1 N–H and O–H groups in total. The second kappa shape index (κ2) is 6.74. The van der Waals surface area contributed by atoms with Gasteiger partial charge in [0.2, 0.25) is 0 Å². The Morgan fingerprint density at radius 3 is 2.73 bits per heavy atom. The Balaban J connectivity index is 2.05. The number of nitrogens with zero attached hydrogens (tertiary/aromatic N) is 1. The summed E-state index contributed by atoms with van der Waals surface area (Å²) in [5.74, 6) is 0.0782. The fourth-order valence-electron chi connectivity index (χ4n) is 2.01. The number of hydrogen-bond acceptors (Lipinski definition) is 5. The van der Waals surface area contributed by atoms with Gasteiger partial charge in [-0.1, -0.05) is 6.07 Å². The third kappa shape index (κ3) is 3.94. The van der Waals surface area contributed by atoms with Crippen molar-refractivity contribution in [2.45, 2.75) is 11.3 Å². The molecule has 0 aliphatic carbocycles. The number of sulfone groups is 1. The Labute approximate surface area is 129 Å². The van der Waals surface area contributed by atoms with E-state index in [9.17, 15) is 12.8 Å². The summed E-state index contributed by atoms with van der Waals surface area (Å²) in [6.07, 6.45) is 3.18. The Kier molecular flexibility index (Phi) is 4.97. The number of nitrogens with one attached hydrogen (secondary N) is 1. The standard InChI is InChI=1S/C15H17FN2O3S/c1-21-13-6-5-11(10-12(13)16)7-9-18-15-14(22(2,19)20)4-3-8-17-15/h3-6,8,10H,7,9H2,1-2H3,(H,17,18). The molecule has 0 unspecified atom stereocenters. The molecule has 0 bridgehead atoms. The van der Waals surface area contributed by atoms with Gasteiger partial charge in [-0.25, -0.2) is 17.8 Å². The number of benzene rings is 1. The Morgan fingerprint density at radius 2 is 2.09 bits per heavy atom. The van der Waals surface area contributed by atoms with Crippen molar-refractivity contribution in [3.05, 3.63) is 47.9 Å². The van der Waals surface area contributed by atoms with E-state index < -0.39 is 15.7 Å². The molecule has 0 aliphatic heterocycles. The molecule has 0 spiro atoms. The van der Waals surface area contributed by atoms with E-state index in [4.69, 9.17) is 4.74 Å². The van der Waals surface area contributed by atoms with E-state index in [1.165, 1.54) is 25.4 Å². The largest absolute Gasteiger partial charge is 0.494 e. The lowest BCUT2D eigenvalue weighted by Crippen LogP contribution is -2.11. The van der Waals surface area contributed by atoms with Gasteiger partial charge in [-0.15, -0.1) is 0 Å². The summed E-state index contributed by atoms with van der Waals surface area (Å²) < 4.78 is 41.8. The normalized spacial score (nSPS) is 11.2. The first-order valence-corrected chi connectivity index (χ1v) is 8.52. The summed E-state index contributed by atoms with van der Waals surface area (Å²) in [5, 5.41) is 2.97. The Hall–Kier alpha value is -2.15. The van der Waals surface area contributed by atoms with Gasteiger partial charge in [0.05, 0.1) is 7.11 Å². The lowest BCUT2D eigenvalue weighted by molar-refractivity contribution is 0.386. The first-order chi connectivity index (χ1) is 10.4. The molecule has 2 aromatic rings. The van der Waals surface area contributed by atoms with Gasteiger partial charge >= 0.3 is 0 Å². The van der Waals surface area contributed by atoms with E-state index >= 15 is 0 Å². The maximum absolute atomic E-state index is 13.6. The van der Waals surface area contributed by atoms with Crippen LogP contribution in [0.4, 0.5) is 10.2 Å². The maximum atomic E-state index is 13.6. The van der Waals surface area contributed by atoms with Crippen molar-refractivity contribution in [2.24, 2.45) is 0 Å². The van der Waals surface area contributed by atoms with Crippen LogP contribution in [0.5, 0.6) is 5.75 Å². The predicted octanol–water partition coefficient (Wildman–Crippen LogP) is 2.29. The molecule has 0 aliphatic rings. The third-order valence-electron chi connectivity index (χ3n) is 3.09. The zero-order chi connectivity index (χ0) is 16.2. The molecule has 22 heavy (non-hydrogen) atoms. The number of anilines is 1. The van der Waals surface area contributed by atoms with Crippen LogP contribution in [0.2, 0.25) is 0 Å². The van der Waals surface area contributed by atoms with Crippen molar-refractivity contribution < 1.29 is 17.5 Å².